The molecule has 0 saturated carbocycles. The third kappa shape index (κ3) is 3.45. The molecule has 0 bridgehead atoms. The van der Waals surface area contributed by atoms with Crippen molar-refractivity contribution in [2.24, 2.45) is 0 Å². The van der Waals surface area contributed by atoms with E-state index in [1.807, 2.05) is 0 Å². The second-order valence-corrected chi connectivity index (χ2v) is 4.59. The quantitative estimate of drug-likeness (QED) is 0.389. The summed E-state index contributed by atoms with van der Waals surface area (Å²) in [6.07, 6.45) is -3.38. The molecule has 0 aromatic heterocycles. The lowest BCUT2D eigenvalue weighted by molar-refractivity contribution is -0.197. The molecule has 2 aliphatic heterocycles. The van der Waals surface area contributed by atoms with Gasteiger partial charge >= 0.3 is 17.9 Å². The molecule has 2 saturated heterocycles. The van der Waals surface area contributed by atoms with E-state index >= 15 is 0 Å². The van der Waals surface area contributed by atoms with Crippen molar-refractivity contribution in [2.75, 3.05) is 6.61 Å². The average Bonchev–Trinajstić information content (AvgIpc) is 3.07. The van der Waals surface area contributed by atoms with Crippen molar-refractivity contribution in [3.63, 3.8) is 0 Å². The molecule has 0 aromatic rings. The van der Waals surface area contributed by atoms with Crippen LogP contribution in [0.25, 0.3) is 0 Å². The summed E-state index contributed by atoms with van der Waals surface area (Å²) in [6, 6.07) is 0. The molecule has 0 amide bonds. The van der Waals surface area contributed by atoms with Gasteiger partial charge in [-0.1, -0.05) is 0 Å². The molecule has 2 aliphatic rings. The van der Waals surface area contributed by atoms with Gasteiger partial charge in [0.15, 0.2) is 24.6 Å². The lowest BCUT2D eigenvalue weighted by atomic mass is 10.0. The Kier molecular flexibility index (Phi) is 4.24. The topological polar surface area (TPSA) is 101 Å². The summed E-state index contributed by atoms with van der Waals surface area (Å²) in [5.74, 6) is -1.56. The molecule has 5 atom stereocenters. The third-order valence-electron chi connectivity index (χ3n) is 2.86. The van der Waals surface area contributed by atoms with E-state index in [0.717, 1.165) is 0 Å². The number of hydrogen-bond acceptors (Lipinski definition) is 8. The number of ether oxygens (including phenoxy) is 5. The van der Waals surface area contributed by atoms with Crippen molar-refractivity contribution < 1.29 is 38.1 Å². The van der Waals surface area contributed by atoms with Gasteiger partial charge in [0.25, 0.3) is 0 Å². The van der Waals surface area contributed by atoms with Crippen LogP contribution in [0.2, 0.25) is 0 Å². The van der Waals surface area contributed by atoms with Gasteiger partial charge in [-0.15, -0.1) is 0 Å². The summed E-state index contributed by atoms with van der Waals surface area (Å²) in [7, 11) is 0. The van der Waals surface area contributed by atoms with Crippen molar-refractivity contribution in [1.82, 2.24) is 0 Å². The summed E-state index contributed by atoms with van der Waals surface area (Å²) >= 11 is 0. The molecular weight excluding hydrogens is 272 g/mol. The van der Waals surface area contributed by atoms with Crippen LogP contribution >= 0.6 is 0 Å². The fourth-order valence-electron chi connectivity index (χ4n) is 2.09. The molecule has 2 rings (SSSR count). The fraction of sp³-hybridized carbons (Fsp3) is 0.750. The van der Waals surface area contributed by atoms with Crippen LogP contribution in [0.15, 0.2) is 0 Å². The molecule has 2 heterocycles. The van der Waals surface area contributed by atoms with Gasteiger partial charge in [-0.25, -0.2) is 0 Å². The second-order valence-electron chi connectivity index (χ2n) is 4.59. The van der Waals surface area contributed by atoms with E-state index in [2.05, 4.69) is 0 Å². The predicted octanol–water partition coefficient (Wildman–Crippen LogP) is -0.463. The number of esters is 3. The van der Waals surface area contributed by atoms with Crippen LogP contribution in [0, 0.1) is 0 Å². The predicted molar refractivity (Wildman–Crippen MR) is 61.3 cm³/mol. The second kappa shape index (κ2) is 5.76. The van der Waals surface area contributed by atoms with Crippen LogP contribution in [0.3, 0.4) is 0 Å². The van der Waals surface area contributed by atoms with Crippen molar-refractivity contribution in [2.45, 2.75) is 51.5 Å². The van der Waals surface area contributed by atoms with Crippen molar-refractivity contribution in [3.05, 3.63) is 0 Å². The Hall–Kier alpha value is -1.67. The highest BCUT2D eigenvalue weighted by molar-refractivity contribution is 5.68. The molecule has 8 nitrogen and oxygen atoms in total. The molecule has 112 valence electrons. The summed E-state index contributed by atoms with van der Waals surface area (Å²) in [4.78, 5) is 33.2. The number of carbonyl (C=O) groups excluding carboxylic acids is 3. The van der Waals surface area contributed by atoms with Crippen molar-refractivity contribution >= 4 is 17.9 Å². The maximum atomic E-state index is 11.2. The van der Waals surface area contributed by atoms with Crippen LogP contribution in [0.5, 0.6) is 0 Å². The van der Waals surface area contributed by atoms with E-state index in [1.54, 1.807) is 0 Å². The Balaban J connectivity index is 2.09. The lowest BCUT2D eigenvalue weighted by Crippen LogP contribution is -2.53. The van der Waals surface area contributed by atoms with E-state index in [9.17, 15) is 14.4 Å². The van der Waals surface area contributed by atoms with Crippen LogP contribution in [-0.4, -0.2) is 55.2 Å². The zero-order valence-corrected chi connectivity index (χ0v) is 11.4. The first-order valence-electron chi connectivity index (χ1n) is 6.17. The molecule has 0 radical (unpaired) electrons. The fourth-order valence-corrected chi connectivity index (χ4v) is 2.09. The molecule has 0 aliphatic carbocycles. The number of hydrogen-bond donors (Lipinski definition) is 0. The SMILES string of the molecule is CC(=O)OC[C@H]1O[C@H]2O[C@@H]2[C@@H](OC(C)=O)[C@@H]1OC(C)=O. The first kappa shape index (κ1) is 14.7. The number of carbonyl (C=O) groups is 3. The highest BCUT2D eigenvalue weighted by Gasteiger charge is 2.60. The minimum absolute atomic E-state index is 0.113. The number of epoxide rings is 1. The van der Waals surface area contributed by atoms with E-state index in [-0.39, 0.29) is 6.61 Å². The Bertz CT molecular complexity index is 420. The molecule has 0 N–H and O–H groups in total. The Morgan fingerprint density at radius 3 is 2.05 bits per heavy atom. The minimum Gasteiger partial charge on any atom is -0.463 e. The molecule has 0 spiro atoms. The molecule has 2 fully saturated rings. The summed E-state index contributed by atoms with van der Waals surface area (Å²) in [6.45, 7) is 3.62. The molecule has 0 unspecified atom stereocenters. The first-order chi connectivity index (χ1) is 9.38. The van der Waals surface area contributed by atoms with Gasteiger partial charge in [0.05, 0.1) is 0 Å². The normalized spacial score (nSPS) is 34.6. The van der Waals surface area contributed by atoms with Gasteiger partial charge in [0.1, 0.15) is 12.7 Å². The maximum Gasteiger partial charge on any atom is 0.303 e. The Labute approximate surface area is 115 Å². The number of fused-ring (bicyclic) bond motifs is 1. The first-order valence-corrected chi connectivity index (χ1v) is 6.17. The van der Waals surface area contributed by atoms with E-state index < -0.39 is 48.6 Å². The van der Waals surface area contributed by atoms with Gasteiger partial charge in [0.2, 0.25) is 0 Å². The Morgan fingerprint density at radius 1 is 0.900 bits per heavy atom. The zero-order valence-electron chi connectivity index (χ0n) is 11.4. The average molecular weight is 288 g/mol. The van der Waals surface area contributed by atoms with Gasteiger partial charge in [-0.05, 0) is 0 Å². The molecule has 20 heavy (non-hydrogen) atoms. The minimum atomic E-state index is -0.875. The van der Waals surface area contributed by atoms with Gasteiger partial charge in [-0.3, -0.25) is 14.4 Å². The summed E-state index contributed by atoms with van der Waals surface area (Å²) in [5.41, 5.74) is 0. The third-order valence-corrected chi connectivity index (χ3v) is 2.86. The van der Waals surface area contributed by atoms with Gasteiger partial charge < -0.3 is 23.7 Å². The highest BCUT2D eigenvalue weighted by Crippen LogP contribution is 2.38. The summed E-state index contributed by atoms with van der Waals surface area (Å²) in [5, 5.41) is 0. The van der Waals surface area contributed by atoms with Crippen LogP contribution < -0.4 is 0 Å². The lowest BCUT2D eigenvalue weighted by Gasteiger charge is -2.33. The largest absolute Gasteiger partial charge is 0.463 e. The van der Waals surface area contributed by atoms with Gasteiger partial charge in [0, 0.05) is 20.8 Å². The monoisotopic (exact) mass is 288 g/mol. The maximum absolute atomic E-state index is 11.2. The van der Waals surface area contributed by atoms with Gasteiger partial charge in [-0.2, -0.15) is 0 Å². The van der Waals surface area contributed by atoms with Crippen LogP contribution in [0.1, 0.15) is 20.8 Å². The summed E-state index contributed by atoms with van der Waals surface area (Å²) < 4.78 is 25.8. The van der Waals surface area contributed by atoms with Crippen molar-refractivity contribution in [1.29, 1.82) is 0 Å². The van der Waals surface area contributed by atoms with Crippen LogP contribution in [-0.2, 0) is 38.1 Å². The van der Waals surface area contributed by atoms with Crippen LogP contribution in [0.4, 0.5) is 0 Å². The van der Waals surface area contributed by atoms with E-state index in [0.29, 0.717) is 0 Å². The molecular formula is C12H16O8. The standard InChI is InChI=1S/C12H16O8/c1-5(13)16-4-8-9(17-6(2)14)10(18-7(3)15)11-12(19-8)20-11/h8-12H,4H2,1-3H3/t8-,9-,10+,11-,12+/m1/s1. The smallest absolute Gasteiger partial charge is 0.303 e. The van der Waals surface area contributed by atoms with E-state index in [4.69, 9.17) is 23.7 Å². The Morgan fingerprint density at radius 2 is 1.50 bits per heavy atom. The zero-order chi connectivity index (χ0) is 14.9. The van der Waals surface area contributed by atoms with Crippen molar-refractivity contribution in [3.8, 4) is 0 Å². The highest BCUT2D eigenvalue weighted by atomic mass is 16.8. The molecule has 8 heteroatoms. The van der Waals surface area contributed by atoms with E-state index in [1.165, 1.54) is 20.8 Å². The molecule has 0 aromatic carbocycles. The number of rotatable bonds is 4.